The van der Waals surface area contributed by atoms with Gasteiger partial charge < -0.3 is 5.73 Å². The van der Waals surface area contributed by atoms with E-state index in [2.05, 4.69) is 0 Å². The molecule has 2 aromatic carbocycles. The molecule has 4 N–H and O–H groups in total. The number of benzene rings is 2. The molecule has 0 unspecified atom stereocenters. The molecule has 0 saturated carbocycles. The molecule has 0 heterocycles. The molecule has 2 rings (SSSR count). The van der Waals surface area contributed by atoms with Crippen molar-refractivity contribution in [1.29, 1.82) is 0 Å². The van der Waals surface area contributed by atoms with Gasteiger partial charge in [0.25, 0.3) is 20.2 Å². The Morgan fingerprint density at radius 2 is 1.33 bits per heavy atom. The maximum absolute atomic E-state index is 11.0. The SMILES string of the molecule is Nc1cc(S(=O)(=O)O)cc2ccc(S(=O)(=O)O)cc12.[Na].[Na]. The van der Waals surface area contributed by atoms with Crippen LogP contribution in [0, 0.1) is 0 Å². The van der Waals surface area contributed by atoms with Gasteiger partial charge >= 0.3 is 0 Å². The number of hydrogen-bond donors (Lipinski definition) is 3. The molecule has 0 amide bonds. The molecule has 0 saturated heterocycles. The summed E-state index contributed by atoms with van der Waals surface area (Å²) in [4.78, 5) is -0.747. The van der Waals surface area contributed by atoms with Gasteiger partial charge in [0.05, 0.1) is 9.79 Å². The van der Waals surface area contributed by atoms with Crippen LogP contribution in [0.25, 0.3) is 10.8 Å². The van der Waals surface area contributed by atoms with Gasteiger partial charge in [-0.1, -0.05) is 6.07 Å². The van der Waals surface area contributed by atoms with Crippen LogP contribution >= 0.6 is 0 Å². The number of anilines is 1. The number of fused-ring (bicyclic) bond motifs is 1. The van der Waals surface area contributed by atoms with Crippen molar-refractivity contribution < 1.29 is 25.9 Å². The summed E-state index contributed by atoms with van der Waals surface area (Å²) in [6, 6.07) is 5.66. The summed E-state index contributed by atoms with van der Waals surface area (Å²) < 4.78 is 61.9. The molecule has 21 heavy (non-hydrogen) atoms. The van der Waals surface area contributed by atoms with Crippen molar-refractivity contribution in [3.63, 3.8) is 0 Å². The monoisotopic (exact) mass is 349 g/mol. The Morgan fingerprint density at radius 1 is 0.810 bits per heavy atom. The fourth-order valence-corrected chi connectivity index (χ4v) is 2.71. The van der Waals surface area contributed by atoms with Gasteiger partial charge in [-0.05, 0) is 29.7 Å². The molecular formula is C10H9NNa2O6S2. The molecule has 2 radical (unpaired) electrons. The third-order valence-corrected chi connectivity index (χ3v) is 4.21. The minimum absolute atomic E-state index is 0. The molecule has 2 aromatic rings. The van der Waals surface area contributed by atoms with Crippen LogP contribution in [0.4, 0.5) is 5.69 Å². The van der Waals surface area contributed by atoms with E-state index in [1.165, 1.54) is 6.07 Å². The van der Waals surface area contributed by atoms with Crippen LogP contribution in [-0.2, 0) is 20.2 Å². The van der Waals surface area contributed by atoms with Gasteiger partial charge in [-0.15, -0.1) is 0 Å². The molecule has 7 nitrogen and oxygen atoms in total. The van der Waals surface area contributed by atoms with Crippen molar-refractivity contribution in [1.82, 2.24) is 0 Å². The first-order valence-corrected chi connectivity index (χ1v) is 7.75. The van der Waals surface area contributed by atoms with Crippen molar-refractivity contribution in [3.8, 4) is 0 Å². The molecular weight excluding hydrogens is 340 g/mol. The quantitative estimate of drug-likeness (QED) is 0.399. The molecule has 0 aliphatic carbocycles. The molecule has 104 valence electrons. The first-order valence-electron chi connectivity index (χ1n) is 4.87. The van der Waals surface area contributed by atoms with E-state index in [0.717, 1.165) is 24.3 Å². The van der Waals surface area contributed by atoms with E-state index in [9.17, 15) is 16.8 Å². The predicted octanol–water partition coefficient (Wildman–Crippen LogP) is 0.154. The molecule has 0 atom stereocenters. The molecule has 0 aromatic heterocycles. The fourth-order valence-electron chi connectivity index (χ4n) is 1.65. The van der Waals surface area contributed by atoms with E-state index in [-0.39, 0.29) is 75.1 Å². The molecule has 0 spiro atoms. The maximum Gasteiger partial charge on any atom is 0.294 e. The maximum atomic E-state index is 11.0. The van der Waals surface area contributed by atoms with Crippen molar-refractivity contribution in [2.24, 2.45) is 0 Å². The van der Waals surface area contributed by atoms with Gasteiger partial charge in [-0.3, -0.25) is 9.11 Å². The summed E-state index contributed by atoms with van der Waals surface area (Å²) in [5.74, 6) is 0. The zero-order valence-electron chi connectivity index (χ0n) is 11.3. The largest absolute Gasteiger partial charge is 0.398 e. The summed E-state index contributed by atoms with van der Waals surface area (Å²) in [5.41, 5.74) is 5.58. The summed E-state index contributed by atoms with van der Waals surface area (Å²) >= 11 is 0. The van der Waals surface area contributed by atoms with Gasteiger partial charge in [0.2, 0.25) is 0 Å². The summed E-state index contributed by atoms with van der Waals surface area (Å²) in [7, 11) is -8.78. The first kappa shape index (κ1) is 21.3. The van der Waals surface area contributed by atoms with Gasteiger partial charge in [0.15, 0.2) is 0 Å². The van der Waals surface area contributed by atoms with Crippen molar-refractivity contribution in [3.05, 3.63) is 30.3 Å². The van der Waals surface area contributed by atoms with E-state index < -0.39 is 25.1 Å². The zero-order valence-corrected chi connectivity index (χ0v) is 16.9. The Hall–Kier alpha value is 0.320. The van der Waals surface area contributed by atoms with Crippen LogP contribution in [0.1, 0.15) is 0 Å². The molecule has 0 aliphatic rings. The van der Waals surface area contributed by atoms with Crippen molar-refractivity contribution in [2.75, 3.05) is 5.73 Å². The van der Waals surface area contributed by atoms with E-state index in [1.54, 1.807) is 0 Å². The Balaban J connectivity index is 0.00000200. The van der Waals surface area contributed by atoms with Crippen molar-refractivity contribution >= 4 is 95.8 Å². The molecule has 0 fully saturated rings. The van der Waals surface area contributed by atoms with E-state index in [0.29, 0.717) is 5.39 Å². The number of rotatable bonds is 2. The Bertz CT molecular complexity index is 880. The van der Waals surface area contributed by atoms with E-state index in [4.69, 9.17) is 14.8 Å². The van der Waals surface area contributed by atoms with Crippen molar-refractivity contribution in [2.45, 2.75) is 9.79 Å². The number of nitrogen functional groups attached to an aromatic ring is 1. The van der Waals surface area contributed by atoms with E-state index >= 15 is 0 Å². The Kier molecular flexibility index (Phi) is 7.37. The summed E-state index contributed by atoms with van der Waals surface area (Å²) in [6.07, 6.45) is 0. The van der Waals surface area contributed by atoms with Crippen LogP contribution in [0.3, 0.4) is 0 Å². The standard InChI is InChI=1S/C10H9NO6S2.2Na/c11-10-5-8(19(15,16)17)3-6-1-2-7(4-9(6)10)18(12,13)14;;/h1-5H,11H2,(H,12,13,14)(H,15,16,17);;. The van der Waals surface area contributed by atoms with Crippen LogP contribution in [0.5, 0.6) is 0 Å². The van der Waals surface area contributed by atoms with Crippen LogP contribution in [0.15, 0.2) is 40.1 Å². The van der Waals surface area contributed by atoms with Crippen LogP contribution < -0.4 is 5.73 Å². The molecule has 0 aliphatic heterocycles. The average molecular weight is 349 g/mol. The third kappa shape index (κ3) is 4.90. The second-order valence-corrected chi connectivity index (χ2v) is 6.69. The Morgan fingerprint density at radius 3 is 1.81 bits per heavy atom. The zero-order chi connectivity index (χ0) is 14.4. The van der Waals surface area contributed by atoms with Crippen LogP contribution in [-0.4, -0.2) is 85.1 Å². The summed E-state index contributed by atoms with van der Waals surface area (Å²) in [5, 5.41) is 0.572. The molecule has 0 bridgehead atoms. The predicted molar refractivity (Wildman–Crippen MR) is 79.5 cm³/mol. The van der Waals surface area contributed by atoms with Crippen LogP contribution in [0.2, 0.25) is 0 Å². The minimum Gasteiger partial charge on any atom is -0.398 e. The third-order valence-electron chi connectivity index (χ3n) is 2.53. The fraction of sp³-hybridized carbons (Fsp3) is 0. The van der Waals surface area contributed by atoms with Gasteiger partial charge in [-0.2, -0.15) is 16.8 Å². The van der Waals surface area contributed by atoms with Gasteiger partial charge in [0.1, 0.15) is 0 Å². The second-order valence-electron chi connectivity index (χ2n) is 3.85. The second kappa shape index (κ2) is 7.26. The number of nitrogens with two attached hydrogens (primary N) is 1. The first-order chi connectivity index (χ1) is 8.59. The van der Waals surface area contributed by atoms with Gasteiger partial charge in [0, 0.05) is 70.2 Å². The molecule has 11 heteroatoms. The smallest absolute Gasteiger partial charge is 0.294 e. The Labute approximate surface area is 166 Å². The number of hydrogen-bond acceptors (Lipinski definition) is 5. The normalized spacial score (nSPS) is 11.5. The van der Waals surface area contributed by atoms with Gasteiger partial charge in [-0.25, -0.2) is 0 Å². The topological polar surface area (TPSA) is 135 Å². The summed E-state index contributed by atoms with van der Waals surface area (Å²) in [6.45, 7) is 0. The van der Waals surface area contributed by atoms with E-state index in [1.807, 2.05) is 0 Å². The average Bonchev–Trinajstić information content (AvgIpc) is 2.26. The minimum atomic E-state index is -4.40.